The molecule has 2 N–H and O–H groups in total. The van der Waals surface area contributed by atoms with Crippen LogP contribution in [0.4, 0.5) is 11.8 Å². The highest BCUT2D eigenvalue weighted by atomic mass is 16.5. The largest absolute Gasteiger partial charge is 0.480 e. The molecule has 4 heterocycles. The molecule has 1 aliphatic rings. The van der Waals surface area contributed by atoms with Gasteiger partial charge in [-0.15, -0.1) is 11.5 Å². The Morgan fingerprint density at radius 1 is 1.15 bits per heavy atom. The summed E-state index contributed by atoms with van der Waals surface area (Å²) in [4.78, 5) is 27.5. The van der Waals surface area contributed by atoms with E-state index in [4.69, 9.17) is 16.1 Å². The van der Waals surface area contributed by atoms with Crippen LogP contribution in [0, 0.1) is 12.3 Å². The zero-order valence-electron chi connectivity index (χ0n) is 21.5. The average molecular weight is 525 g/mol. The maximum absolute atomic E-state index is 11.6. The Labute approximate surface area is 225 Å². The third kappa shape index (κ3) is 6.02. The second-order valence-corrected chi connectivity index (χ2v) is 9.08. The molecule has 11 heteroatoms. The summed E-state index contributed by atoms with van der Waals surface area (Å²) in [6.45, 7) is 2.08. The molecule has 0 spiro atoms. The van der Waals surface area contributed by atoms with Crippen molar-refractivity contribution in [1.29, 1.82) is 0 Å². The maximum atomic E-state index is 11.6. The molecule has 0 bridgehead atoms. The fraction of sp³-hybridized carbons (Fsp3) is 0.286. The number of carbonyl (C=O) groups is 1. The second-order valence-electron chi connectivity index (χ2n) is 9.08. The van der Waals surface area contributed by atoms with Gasteiger partial charge >= 0.3 is 5.97 Å². The van der Waals surface area contributed by atoms with Gasteiger partial charge in [-0.25, -0.2) is 24.4 Å². The van der Waals surface area contributed by atoms with E-state index in [0.717, 1.165) is 23.2 Å². The van der Waals surface area contributed by atoms with Crippen LogP contribution in [-0.4, -0.2) is 73.9 Å². The summed E-state index contributed by atoms with van der Waals surface area (Å²) in [6.07, 6.45) is 8.83. The smallest absolute Gasteiger partial charge is 0.326 e. The van der Waals surface area contributed by atoms with Crippen LogP contribution in [0.25, 0.3) is 22.6 Å². The van der Waals surface area contributed by atoms with E-state index in [9.17, 15) is 9.90 Å². The molecule has 1 fully saturated rings. The summed E-state index contributed by atoms with van der Waals surface area (Å²) in [7, 11) is 1.63. The third-order valence-electron chi connectivity index (χ3n) is 6.39. The lowest BCUT2D eigenvalue weighted by Crippen LogP contribution is -2.36. The van der Waals surface area contributed by atoms with Crippen LogP contribution in [0.3, 0.4) is 0 Å². The van der Waals surface area contributed by atoms with Crippen LogP contribution in [0.15, 0.2) is 54.7 Å². The van der Waals surface area contributed by atoms with Gasteiger partial charge in [-0.3, -0.25) is 0 Å². The lowest BCUT2D eigenvalue weighted by molar-refractivity contribution is -0.138. The topological polar surface area (TPSA) is 131 Å². The Morgan fingerprint density at radius 3 is 2.82 bits per heavy atom. The third-order valence-corrected chi connectivity index (χ3v) is 6.39. The van der Waals surface area contributed by atoms with Gasteiger partial charge in [0.15, 0.2) is 0 Å². The molecular weight excluding hydrogens is 496 g/mol. The zero-order valence-corrected chi connectivity index (χ0v) is 21.5. The summed E-state index contributed by atoms with van der Waals surface area (Å²) >= 11 is 0. The number of ether oxygens (including phenoxy) is 1. The maximum Gasteiger partial charge on any atom is 0.326 e. The fourth-order valence-electron chi connectivity index (χ4n) is 4.51. The summed E-state index contributed by atoms with van der Waals surface area (Å²) in [6, 6.07) is 14.5. The molecule has 11 nitrogen and oxygen atoms in total. The first kappa shape index (κ1) is 25.8. The predicted molar refractivity (Wildman–Crippen MR) is 146 cm³/mol. The molecule has 1 saturated heterocycles. The number of pyridine rings is 1. The lowest BCUT2D eigenvalue weighted by atomic mass is 10.1. The minimum atomic E-state index is -0.827. The summed E-state index contributed by atoms with van der Waals surface area (Å²) < 4.78 is 6.82. The van der Waals surface area contributed by atoms with Gasteiger partial charge in [0.1, 0.15) is 17.6 Å². The van der Waals surface area contributed by atoms with Crippen molar-refractivity contribution in [3.05, 3.63) is 66.0 Å². The number of benzene rings is 1. The molecule has 5 rings (SSSR count). The number of aromatic nitrogens is 6. The molecular formula is C28H28N8O3. The number of rotatable bonds is 10. The molecule has 0 aliphatic carbocycles. The van der Waals surface area contributed by atoms with E-state index < -0.39 is 12.0 Å². The number of methoxy groups -OCH3 is 1. The minimum absolute atomic E-state index is 0.369. The van der Waals surface area contributed by atoms with E-state index in [0.29, 0.717) is 61.5 Å². The van der Waals surface area contributed by atoms with Crippen molar-refractivity contribution >= 4 is 17.7 Å². The van der Waals surface area contributed by atoms with Crippen LogP contribution >= 0.6 is 0 Å². The highest BCUT2D eigenvalue weighted by Crippen LogP contribution is 2.26. The first-order valence-corrected chi connectivity index (χ1v) is 12.6. The first-order chi connectivity index (χ1) is 19.0. The van der Waals surface area contributed by atoms with Gasteiger partial charge in [0.2, 0.25) is 5.95 Å². The van der Waals surface area contributed by atoms with Crippen molar-refractivity contribution in [3.63, 3.8) is 0 Å². The Kier molecular flexibility index (Phi) is 7.75. The van der Waals surface area contributed by atoms with Gasteiger partial charge in [-0.05, 0) is 43.2 Å². The standard InChI is InChI=1S/C28H28N8O3/c1-3-19-7-4-8-20(15-19)22-16-23(32-28(31-22)29-12-14-39-2)24-18-35(34-33-24)17-21-9-5-11-26(30-21)36-13-6-10-25(36)27(37)38/h1,4-5,7-9,11,15-16,18,25H,6,10,12-14,17H2,2H3,(H,37,38)(H,29,31,32)/t25-/m1/s1. The molecule has 1 aromatic carbocycles. The van der Waals surface area contributed by atoms with E-state index in [1.807, 2.05) is 53.4 Å². The average Bonchev–Trinajstić information content (AvgIpc) is 3.64. The minimum Gasteiger partial charge on any atom is -0.480 e. The van der Waals surface area contributed by atoms with Gasteiger partial charge in [0, 0.05) is 31.3 Å². The summed E-state index contributed by atoms with van der Waals surface area (Å²) in [5.74, 6) is 2.92. The Morgan fingerprint density at radius 2 is 2.00 bits per heavy atom. The number of hydrogen-bond donors (Lipinski definition) is 2. The normalized spacial score (nSPS) is 14.8. The van der Waals surface area contributed by atoms with E-state index in [1.54, 1.807) is 18.0 Å². The van der Waals surface area contributed by atoms with Crippen molar-refractivity contribution in [2.24, 2.45) is 0 Å². The zero-order chi connectivity index (χ0) is 27.2. The molecule has 1 atom stereocenters. The van der Waals surface area contributed by atoms with E-state index in [-0.39, 0.29) is 0 Å². The Bertz CT molecular complexity index is 1510. The van der Waals surface area contributed by atoms with E-state index in [2.05, 4.69) is 31.5 Å². The number of aliphatic carboxylic acids is 1. The van der Waals surface area contributed by atoms with Gasteiger partial charge in [0.25, 0.3) is 0 Å². The number of anilines is 2. The molecule has 0 amide bonds. The van der Waals surface area contributed by atoms with Crippen molar-refractivity contribution in [3.8, 4) is 35.0 Å². The predicted octanol–water partition coefficient (Wildman–Crippen LogP) is 2.94. The van der Waals surface area contributed by atoms with Gasteiger partial charge in [0.05, 0.1) is 36.4 Å². The highest BCUT2D eigenvalue weighted by molar-refractivity contribution is 5.78. The molecule has 39 heavy (non-hydrogen) atoms. The monoisotopic (exact) mass is 524 g/mol. The second kappa shape index (κ2) is 11.7. The number of nitrogens with one attached hydrogen (secondary N) is 1. The van der Waals surface area contributed by atoms with Crippen molar-refractivity contribution < 1.29 is 14.6 Å². The molecule has 198 valence electrons. The summed E-state index contributed by atoms with van der Waals surface area (Å²) in [5.41, 5.74) is 4.23. The molecule has 0 saturated carbocycles. The number of nitrogens with zero attached hydrogens (tertiary/aromatic N) is 7. The SMILES string of the molecule is C#Cc1cccc(-c2cc(-c3cn(Cc4cccc(N5CCC[C@@H]5C(=O)O)n4)nn3)nc(NCCOC)n2)c1. The highest BCUT2D eigenvalue weighted by Gasteiger charge is 2.31. The van der Waals surface area contributed by atoms with Crippen LogP contribution < -0.4 is 10.2 Å². The Balaban J connectivity index is 1.40. The Hall–Kier alpha value is -4.82. The quantitative estimate of drug-likeness (QED) is 0.236. The van der Waals surface area contributed by atoms with Gasteiger partial charge in [-0.1, -0.05) is 29.3 Å². The van der Waals surface area contributed by atoms with Crippen molar-refractivity contribution in [1.82, 2.24) is 29.9 Å². The number of carboxylic acid groups (broad SMARTS) is 1. The molecule has 4 aromatic rings. The lowest BCUT2D eigenvalue weighted by Gasteiger charge is -2.22. The molecule has 1 aliphatic heterocycles. The number of carboxylic acids is 1. The van der Waals surface area contributed by atoms with Crippen LogP contribution in [0.5, 0.6) is 0 Å². The number of hydrogen-bond acceptors (Lipinski definition) is 9. The van der Waals surface area contributed by atoms with Crippen molar-refractivity contribution in [2.75, 3.05) is 37.0 Å². The molecule has 0 radical (unpaired) electrons. The van der Waals surface area contributed by atoms with E-state index in [1.165, 1.54) is 0 Å². The van der Waals surface area contributed by atoms with Crippen LogP contribution in [-0.2, 0) is 16.1 Å². The molecule has 3 aromatic heterocycles. The van der Waals surface area contributed by atoms with E-state index >= 15 is 0 Å². The molecule has 0 unspecified atom stereocenters. The first-order valence-electron chi connectivity index (χ1n) is 12.6. The summed E-state index contributed by atoms with van der Waals surface area (Å²) in [5, 5.41) is 21.4. The fourth-order valence-corrected chi connectivity index (χ4v) is 4.51. The van der Waals surface area contributed by atoms with Crippen LogP contribution in [0.1, 0.15) is 24.1 Å². The van der Waals surface area contributed by atoms with Gasteiger partial charge in [-0.2, -0.15) is 0 Å². The number of terminal acetylenes is 1. The van der Waals surface area contributed by atoms with Crippen LogP contribution in [0.2, 0.25) is 0 Å². The van der Waals surface area contributed by atoms with Gasteiger partial charge < -0.3 is 20.1 Å². The van der Waals surface area contributed by atoms with Crippen molar-refractivity contribution in [2.45, 2.75) is 25.4 Å².